The van der Waals surface area contributed by atoms with E-state index in [9.17, 15) is 5.11 Å². The van der Waals surface area contributed by atoms with Crippen molar-refractivity contribution in [3.05, 3.63) is 29.8 Å². The number of benzene rings is 1. The highest BCUT2D eigenvalue weighted by molar-refractivity contribution is 5.35. The van der Waals surface area contributed by atoms with Crippen LogP contribution in [-0.4, -0.2) is 30.4 Å². The lowest BCUT2D eigenvalue weighted by Crippen LogP contribution is -2.42. The van der Waals surface area contributed by atoms with Gasteiger partial charge in [0, 0.05) is 12.6 Å². The smallest absolute Gasteiger partial charge is 0.122 e. The minimum absolute atomic E-state index is 0.345. The summed E-state index contributed by atoms with van der Waals surface area (Å²) in [6, 6.07) is 8.64. The van der Waals surface area contributed by atoms with Crippen molar-refractivity contribution in [2.24, 2.45) is 5.92 Å². The van der Waals surface area contributed by atoms with E-state index in [1.165, 1.54) is 31.2 Å². The summed E-state index contributed by atoms with van der Waals surface area (Å²) in [6.07, 6.45) is 4.71. The number of aliphatic hydroxyl groups is 1. The standard InChI is InChI=1S/C19H31NO2/c1-14(2)17-9-5-7-11-19(17)22-13-16(21)12-20-18-10-6-4-8-15(18)3/h5,7,9,11,14-16,18,20-21H,4,6,8,10,12-13H2,1-3H3/t15-,16+,18+/m0/s1. The third kappa shape index (κ3) is 4.99. The van der Waals surface area contributed by atoms with Crippen LogP contribution in [0, 0.1) is 5.92 Å². The number of para-hydroxylation sites is 1. The van der Waals surface area contributed by atoms with Crippen molar-refractivity contribution in [2.45, 2.75) is 64.5 Å². The molecule has 0 radical (unpaired) electrons. The van der Waals surface area contributed by atoms with E-state index >= 15 is 0 Å². The maximum atomic E-state index is 10.2. The molecule has 3 atom stereocenters. The zero-order valence-electron chi connectivity index (χ0n) is 14.2. The third-order valence-corrected chi connectivity index (χ3v) is 4.70. The maximum Gasteiger partial charge on any atom is 0.122 e. The minimum Gasteiger partial charge on any atom is -0.491 e. The fourth-order valence-corrected chi connectivity index (χ4v) is 3.24. The molecule has 1 fully saturated rings. The molecule has 2 N–H and O–H groups in total. The van der Waals surface area contributed by atoms with Gasteiger partial charge in [0.15, 0.2) is 0 Å². The van der Waals surface area contributed by atoms with Crippen LogP contribution in [0.3, 0.4) is 0 Å². The van der Waals surface area contributed by atoms with Crippen molar-refractivity contribution in [1.82, 2.24) is 5.32 Å². The molecule has 0 aromatic heterocycles. The van der Waals surface area contributed by atoms with E-state index in [-0.39, 0.29) is 0 Å². The van der Waals surface area contributed by atoms with Crippen molar-refractivity contribution in [1.29, 1.82) is 0 Å². The number of hydrogen-bond donors (Lipinski definition) is 2. The largest absolute Gasteiger partial charge is 0.491 e. The Labute approximate surface area is 135 Å². The summed E-state index contributed by atoms with van der Waals surface area (Å²) in [6.45, 7) is 7.57. The van der Waals surface area contributed by atoms with E-state index in [4.69, 9.17) is 4.74 Å². The molecule has 1 aliphatic rings. The zero-order chi connectivity index (χ0) is 15.9. The molecule has 0 amide bonds. The predicted octanol–water partition coefficient (Wildman–Crippen LogP) is 3.72. The first-order chi connectivity index (χ1) is 10.6. The number of nitrogens with one attached hydrogen (secondary N) is 1. The highest BCUT2D eigenvalue weighted by Crippen LogP contribution is 2.26. The molecule has 1 saturated carbocycles. The molecular formula is C19H31NO2. The Kier molecular flexibility index (Phi) is 6.71. The Balaban J connectivity index is 1.77. The van der Waals surface area contributed by atoms with Crippen LogP contribution in [0.1, 0.15) is 57.9 Å². The normalized spacial score (nSPS) is 23.5. The van der Waals surface area contributed by atoms with Gasteiger partial charge in [0.1, 0.15) is 18.5 Å². The van der Waals surface area contributed by atoms with Gasteiger partial charge in [-0.1, -0.05) is 51.8 Å². The van der Waals surface area contributed by atoms with Crippen LogP contribution in [0.5, 0.6) is 5.75 Å². The molecule has 0 bridgehead atoms. The topological polar surface area (TPSA) is 41.5 Å². The Hall–Kier alpha value is -1.06. The lowest BCUT2D eigenvalue weighted by Gasteiger charge is -2.30. The monoisotopic (exact) mass is 305 g/mol. The molecule has 0 saturated heterocycles. The van der Waals surface area contributed by atoms with Crippen molar-refractivity contribution >= 4 is 0 Å². The highest BCUT2D eigenvalue weighted by Gasteiger charge is 2.21. The molecule has 1 aromatic rings. The van der Waals surface area contributed by atoms with Crippen LogP contribution in [0.2, 0.25) is 0 Å². The molecule has 3 heteroatoms. The molecule has 0 heterocycles. The summed E-state index contributed by atoms with van der Waals surface area (Å²) in [7, 11) is 0. The first-order valence-corrected chi connectivity index (χ1v) is 8.71. The fourth-order valence-electron chi connectivity index (χ4n) is 3.24. The Morgan fingerprint density at radius 2 is 1.95 bits per heavy atom. The predicted molar refractivity (Wildman–Crippen MR) is 91.5 cm³/mol. The van der Waals surface area contributed by atoms with Gasteiger partial charge in [0.05, 0.1) is 0 Å². The third-order valence-electron chi connectivity index (χ3n) is 4.70. The summed E-state index contributed by atoms with van der Waals surface area (Å²) >= 11 is 0. The van der Waals surface area contributed by atoms with Crippen molar-refractivity contribution < 1.29 is 9.84 Å². The van der Waals surface area contributed by atoms with Gasteiger partial charge in [-0.25, -0.2) is 0 Å². The maximum absolute atomic E-state index is 10.2. The number of aliphatic hydroxyl groups excluding tert-OH is 1. The number of ether oxygens (including phenoxy) is 1. The van der Waals surface area contributed by atoms with E-state index < -0.39 is 6.10 Å². The van der Waals surface area contributed by atoms with Gasteiger partial charge < -0.3 is 15.2 Å². The van der Waals surface area contributed by atoms with Crippen molar-refractivity contribution in [3.63, 3.8) is 0 Å². The second kappa shape index (κ2) is 8.54. The summed E-state index contributed by atoms with van der Waals surface area (Å²) in [5.74, 6) is 2.03. The average Bonchev–Trinajstić information content (AvgIpc) is 2.52. The van der Waals surface area contributed by atoms with E-state index in [0.717, 1.165) is 5.75 Å². The zero-order valence-corrected chi connectivity index (χ0v) is 14.2. The molecule has 2 rings (SSSR count). The van der Waals surface area contributed by atoms with Crippen LogP contribution in [0.25, 0.3) is 0 Å². The summed E-state index contributed by atoms with van der Waals surface area (Å²) in [4.78, 5) is 0. The molecule has 0 aliphatic heterocycles. The Bertz CT molecular complexity index is 447. The van der Waals surface area contributed by atoms with Gasteiger partial charge in [-0.2, -0.15) is 0 Å². The van der Waals surface area contributed by atoms with E-state index in [0.29, 0.717) is 31.0 Å². The highest BCUT2D eigenvalue weighted by atomic mass is 16.5. The lowest BCUT2D eigenvalue weighted by molar-refractivity contribution is 0.0979. The van der Waals surface area contributed by atoms with Crippen LogP contribution in [0.4, 0.5) is 0 Å². The van der Waals surface area contributed by atoms with Crippen molar-refractivity contribution in [2.75, 3.05) is 13.2 Å². The van der Waals surface area contributed by atoms with Crippen LogP contribution < -0.4 is 10.1 Å². The average molecular weight is 305 g/mol. The summed E-state index contributed by atoms with van der Waals surface area (Å²) in [5.41, 5.74) is 1.20. The van der Waals surface area contributed by atoms with E-state index in [1.807, 2.05) is 18.2 Å². The van der Waals surface area contributed by atoms with Crippen LogP contribution in [-0.2, 0) is 0 Å². The summed E-state index contributed by atoms with van der Waals surface area (Å²) in [5, 5.41) is 13.7. The summed E-state index contributed by atoms with van der Waals surface area (Å²) < 4.78 is 5.84. The second-order valence-corrected chi connectivity index (χ2v) is 6.93. The molecule has 3 nitrogen and oxygen atoms in total. The first-order valence-electron chi connectivity index (χ1n) is 8.71. The number of rotatable bonds is 7. The van der Waals surface area contributed by atoms with Gasteiger partial charge in [-0.15, -0.1) is 0 Å². The molecule has 124 valence electrons. The molecule has 1 aromatic carbocycles. The second-order valence-electron chi connectivity index (χ2n) is 6.93. The van der Waals surface area contributed by atoms with Crippen LogP contribution >= 0.6 is 0 Å². The van der Waals surface area contributed by atoms with Gasteiger partial charge in [-0.05, 0) is 36.3 Å². The molecular weight excluding hydrogens is 274 g/mol. The van der Waals surface area contributed by atoms with Gasteiger partial charge in [0.25, 0.3) is 0 Å². The lowest BCUT2D eigenvalue weighted by atomic mass is 9.86. The Morgan fingerprint density at radius 3 is 2.68 bits per heavy atom. The first kappa shape index (κ1) is 17.3. The molecule has 0 spiro atoms. The Morgan fingerprint density at radius 1 is 1.23 bits per heavy atom. The number of hydrogen-bond acceptors (Lipinski definition) is 3. The molecule has 1 aliphatic carbocycles. The van der Waals surface area contributed by atoms with Crippen LogP contribution in [0.15, 0.2) is 24.3 Å². The van der Waals surface area contributed by atoms with Gasteiger partial charge in [-0.3, -0.25) is 0 Å². The molecule has 22 heavy (non-hydrogen) atoms. The minimum atomic E-state index is -0.464. The van der Waals surface area contributed by atoms with Crippen molar-refractivity contribution in [3.8, 4) is 5.75 Å². The quantitative estimate of drug-likeness (QED) is 0.807. The SMILES string of the molecule is CC(C)c1ccccc1OC[C@H](O)CN[C@@H]1CCCC[C@@H]1C. The van der Waals surface area contributed by atoms with E-state index in [1.54, 1.807) is 0 Å². The van der Waals surface area contributed by atoms with Gasteiger partial charge >= 0.3 is 0 Å². The fraction of sp³-hybridized carbons (Fsp3) is 0.684. The van der Waals surface area contributed by atoms with Gasteiger partial charge in [0.2, 0.25) is 0 Å². The van der Waals surface area contributed by atoms with E-state index in [2.05, 4.69) is 32.2 Å². The molecule has 0 unspecified atom stereocenters.